The van der Waals surface area contributed by atoms with Crippen LogP contribution in [0.25, 0.3) is 41.6 Å². The number of nitrogens with two attached hydrogens (primary N) is 1. The molecule has 412 valence electrons. The van der Waals surface area contributed by atoms with Crippen LogP contribution in [0.3, 0.4) is 0 Å². The summed E-state index contributed by atoms with van der Waals surface area (Å²) in [5.74, 6) is -0.293. The van der Waals surface area contributed by atoms with Gasteiger partial charge >= 0.3 is 12.2 Å². The summed E-state index contributed by atoms with van der Waals surface area (Å²) in [6.45, 7) is 36.1. The van der Waals surface area contributed by atoms with Crippen molar-refractivity contribution in [1.29, 1.82) is 0 Å². The Balaban J connectivity index is 0.000000228. The minimum Gasteiger partial charge on any atom is -0.444 e. The summed E-state index contributed by atoms with van der Waals surface area (Å²) in [5.41, 5.74) is 12.6. The molecule has 2 aliphatic rings. The zero-order chi connectivity index (χ0) is 56.1. The first kappa shape index (κ1) is 60.0. The van der Waals surface area contributed by atoms with E-state index >= 15 is 0 Å². The van der Waals surface area contributed by atoms with Gasteiger partial charge in [0.25, 0.3) is 0 Å². The molecule has 0 fully saturated rings. The van der Waals surface area contributed by atoms with E-state index in [-0.39, 0.29) is 48.2 Å². The highest BCUT2D eigenvalue weighted by Crippen LogP contribution is 2.52. The lowest BCUT2D eigenvalue weighted by Crippen LogP contribution is -2.46. The summed E-state index contributed by atoms with van der Waals surface area (Å²) in [5, 5.41) is 12.9. The fourth-order valence-electron chi connectivity index (χ4n) is 9.00. The number of hydrogen-bond acceptors (Lipinski definition) is 14. The van der Waals surface area contributed by atoms with E-state index in [2.05, 4.69) is 100 Å². The molecule has 14 nitrogen and oxygen atoms in total. The number of nitrogens with one attached hydrogen (secondary N) is 3. The average molecular weight is 1110 g/mol. The van der Waals surface area contributed by atoms with Gasteiger partial charge in [0.1, 0.15) is 31.2 Å². The Morgan fingerprint density at radius 2 is 1.14 bits per heavy atom. The summed E-state index contributed by atoms with van der Waals surface area (Å²) >= 11 is 6.32. The number of aryl methyl sites for hydroxylation is 2. The first-order valence-corrected chi connectivity index (χ1v) is 29.7. The van der Waals surface area contributed by atoms with E-state index in [1.54, 1.807) is 38.9 Å². The van der Waals surface area contributed by atoms with Gasteiger partial charge in [-0.25, -0.2) is 19.6 Å². The number of fused-ring (bicyclic) bond motifs is 4. The Hall–Kier alpha value is -5.24. The predicted octanol–water partition coefficient (Wildman–Crippen LogP) is 14.7. The zero-order valence-corrected chi connectivity index (χ0v) is 50.7. The molecule has 5 N–H and O–H groups in total. The summed E-state index contributed by atoms with van der Waals surface area (Å²) in [6, 6.07) is 12.8. The maximum atomic E-state index is 13.2. The molecule has 76 heavy (non-hydrogen) atoms. The van der Waals surface area contributed by atoms with Crippen molar-refractivity contribution in [3.8, 4) is 21.1 Å². The SMILES string of the molecule is C=CC(=O)Nc1sc2c(c1-c1nc3cc(C)ccc3s1)CC(C)N(C(=O)OC(C)(C)C)C2C.CC[C@H](C)N.CC[C@H](C)NCCC(=O)Nc1sc2c(c1-c1nc3cc(C)ccc3s1)CC(C)N(C(=O)OC(C)(C)C)C2C. The molecule has 8 rings (SSSR count). The second kappa shape index (κ2) is 25.0. The largest absolute Gasteiger partial charge is 0.444 e. The summed E-state index contributed by atoms with van der Waals surface area (Å²) in [7, 11) is 0. The van der Waals surface area contributed by atoms with E-state index < -0.39 is 11.2 Å². The van der Waals surface area contributed by atoms with E-state index in [1.165, 1.54) is 28.5 Å². The molecule has 4 unspecified atom stereocenters. The van der Waals surface area contributed by atoms with Crippen LogP contribution in [0.1, 0.15) is 160 Å². The molecule has 0 spiro atoms. The maximum absolute atomic E-state index is 13.2. The number of rotatable bonds is 11. The number of hydrogen-bond donors (Lipinski definition) is 4. The third-order valence-corrected chi connectivity index (χ3v) is 17.9. The summed E-state index contributed by atoms with van der Waals surface area (Å²) < 4.78 is 13.7. The van der Waals surface area contributed by atoms with Gasteiger partial charge in [-0.2, -0.15) is 0 Å². The molecule has 2 aromatic carbocycles. The fraction of sp³-hybridized carbons (Fsp3) is 0.517. The van der Waals surface area contributed by atoms with E-state index in [4.69, 9.17) is 25.2 Å². The number of thiophene rings is 2. The van der Waals surface area contributed by atoms with Gasteiger partial charge in [0.05, 0.1) is 32.5 Å². The van der Waals surface area contributed by atoms with Crippen LogP contribution in [0.15, 0.2) is 49.1 Å². The van der Waals surface area contributed by atoms with Gasteiger partial charge in [0.2, 0.25) is 11.8 Å². The second-order valence-corrected chi connectivity index (χ2v) is 26.3. The smallest absolute Gasteiger partial charge is 0.411 e. The van der Waals surface area contributed by atoms with Gasteiger partial charge < -0.3 is 31.2 Å². The molecule has 0 bridgehead atoms. The molecular weight excluding hydrogens is 1030 g/mol. The molecule has 4 aromatic heterocycles. The van der Waals surface area contributed by atoms with Crippen LogP contribution in [0, 0.1) is 13.8 Å². The first-order valence-electron chi connectivity index (χ1n) is 26.4. The van der Waals surface area contributed by atoms with Crippen molar-refractivity contribution < 1.29 is 28.7 Å². The number of ether oxygens (including phenoxy) is 2. The van der Waals surface area contributed by atoms with Crippen molar-refractivity contribution in [1.82, 2.24) is 25.1 Å². The van der Waals surface area contributed by atoms with E-state index in [0.717, 1.165) is 85.3 Å². The maximum Gasteiger partial charge on any atom is 0.411 e. The monoisotopic (exact) mass is 1110 g/mol. The molecule has 0 radical (unpaired) electrons. The highest BCUT2D eigenvalue weighted by molar-refractivity contribution is 7.23. The third kappa shape index (κ3) is 14.7. The normalized spacial score (nSPS) is 18.1. The van der Waals surface area contributed by atoms with Crippen LogP contribution in [0.2, 0.25) is 0 Å². The number of amides is 4. The molecule has 0 saturated heterocycles. The molecule has 6 aromatic rings. The van der Waals surface area contributed by atoms with Gasteiger partial charge in [-0.1, -0.05) is 32.6 Å². The van der Waals surface area contributed by atoms with Crippen LogP contribution in [0.5, 0.6) is 0 Å². The fourth-order valence-corrected chi connectivity index (χ4v) is 13.8. The number of anilines is 2. The minimum absolute atomic E-state index is 0.0256. The van der Waals surface area contributed by atoms with Gasteiger partial charge in [-0.05, 0) is 175 Å². The Labute approximate surface area is 466 Å². The van der Waals surface area contributed by atoms with Gasteiger partial charge in [-0.15, -0.1) is 45.3 Å². The third-order valence-electron chi connectivity index (χ3n) is 13.1. The Morgan fingerprint density at radius 1 is 0.724 bits per heavy atom. The molecule has 6 heterocycles. The number of thiazole rings is 2. The number of aromatic nitrogens is 2. The molecule has 0 saturated carbocycles. The van der Waals surface area contributed by atoms with Crippen LogP contribution >= 0.6 is 45.3 Å². The Morgan fingerprint density at radius 3 is 1.53 bits per heavy atom. The summed E-state index contributed by atoms with van der Waals surface area (Å²) in [4.78, 5) is 67.1. The minimum atomic E-state index is -0.570. The zero-order valence-electron chi connectivity index (χ0n) is 47.4. The van der Waals surface area contributed by atoms with Crippen molar-refractivity contribution in [2.24, 2.45) is 5.73 Å². The molecule has 4 amide bonds. The highest BCUT2D eigenvalue weighted by Gasteiger charge is 2.41. The average Bonchev–Trinajstić information content (AvgIpc) is 4.10. The Bertz CT molecular complexity index is 3050. The van der Waals surface area contributed by atoms with Gasteiger partial charge in [0, 0.05) is 58.0 Å². The van der Waals surface area contributed by atoms with Gasteiger partial charge in [0.15, 0.2) is 0 Å². The highest BCUT2D eigenvalue weighted by atomic mass is 32.1. The van der Waals surface area contributed by atoms with Crippen molar-refractivity contribution in [2.45, 2.75) is 190 Å². The number of benzene rings is 2. The number of carbonyl (C=O) groups is 4. The van der Waals surface area contributed by atoms with Crippen LogP contribution in [0.4, 0.5) is 19.6 Å². The molecule has 2 aliphatic heterocycles. The lowest BCUT2D eigenvalue weighted by Gasteiger charge is -2.39. The first-order chi connectivity index (χ1) is 35.6. The second-order valence-electron chi connectivity index (χ2n) is 22.2. The topological polar surface area (TPSA) is 181 Å². The molecule has 18 heteroatoms. The van der Waals surface area contributed by atoms with Crippen LogP contribution < -0.4 is 21.7 Å². The number of nitrogens with zero attached hydrogens (tertiary/aromatic N) is 4. The standard InChI is InChI=1S/C29H40N4O3S2.C25H29N3O3S2.C4H11N/c1-9-17(3)30-13-12-23(34)32-27-24(26-31-21-14-16(2)10-11-22(21)37-26)20-15-18(4)33(19(5)25(20)38-27)28(35)36-29(6,7)8;1-8-19(29)27-23-20(22-26-17-11-13(2)9-10-18(17)32-22)16-12-14(3)28(15(4)21(16)33-23)24(30)31-25(5,6)7;1-3-4(2)5/h10-11,14,17-19,30H,9,12-13,15H2,1-8H3,(H,32,34);8-11,14-15H,1,12H2,2-7H3,(H,27,29);4H,3,5H2,1-2H3/t17-,18?,19?;;4-/m0.0/s1. The number of carbonyl (C=O) groups excluding carboxylic acids is 4. The van der Waals surface area contributed by atoms with Crippen molar-refractivity contribution in [3.05, 3.63) is 81.1 Å². The lowest BCUT2D eigenvalue weighted by molar-refractivity contribution is -0.116. The molecular formula is C58H80N8O6S4. The van der Waals surface area contributed by atoms with Gasteiger partial charge in [-0.3, -0.25) is 19.4 Å². The van der Waals surface area contributed by atoms with Crippen molar-refractivity contribution in [3.63, 3.8) is 0 Å². The summed E-state index contributed by atoms with van der Waals surface area (Å²) in [6.07, 6.45) is 4.45. The van der Waals surface area contributed by atoms with Crippen LogP contribution in [-0.4, -0.2) is 85.7 Å². The van der Waals surface area contributed by atoms with E-state index in [1.807, 2.05) is 74.1 Å². The van der Waals surface area contributed by atoms with Crippen molar-refractivity contribution in [2.75, 3.05) is 17.2 Å². The van der Waals surface area contributed by atoms with E-state index in [0.29, 0.717) is 37.9 Å². The Kier molecular flexibility index (Phi) is 19.8. The van der Waals surface area contributed by atoms with Crippen LogP contribution in [-0.2, 0) is 31.9 Å². The lowest BCUT2D eigenvalue weighted by atomic mass is 9.93. The van der Waals surface area contributed by atoms with Crippen molar-refractivity contribution >= 4 is 99.8 Å². The van der Waals surface area contributed by atoms with E-state index in [9.17, 15) is 19.2 Å². The molecule has 6 atom stereocenters. The predicted molar refractivity (Wildman–Crippen MR) is 318 cm³/mol. The molecule has 0 aliphatic carbocycles. The quantitative estimate of drug-likeness (QED) is 0.0912.